The third-order valence-corrected chi connectivity index (χ3v) is 1.87. The Balaban J connectivity index is -0.0000000356. The predicted octanol–water partition coefficient (Wildman–Crippen LogP) is -7.76. The maximum absolute atomic E-state index is 10.8. The van der Waals surface area contributed by atoms with Crippen molar-refractivity contribution in [3.05, 3.63) is 0 Å². The van der Waals surface area contributed by atoms with Gasteiger partial charge in [0.25, 0.3) is 0 Å². The maximum atomic E-state index is 10.8. The largest absolute Gasteiger partial charge is 0.481 e. The topological polar surface area (TPSA) is 396 Å². The molecule has 0 rings (SSSR count). The number of hydrogen-bond acceptors (Lipinski definition) is 7. The van der Waals surface area contributed by atoms with Crippen LogP contribution in [0.5, 0.6) is 0 Å². The van der Waals surface area contributed by atoms with Crippen LogP contribution in [0.15, 0.2) is 0 Å². The zero-order valence-electron chi connectivity index (χ0n) is 13.0. The van der Waals surface area contributed by atoms with Gasteiger partial charge < -0.3 is 57.8 Å². The Labute approximate surface area is 171 Å². The molecule has 26 heavy (non-hydrogen) atoms. The molecule has 0 aromatic heterocycles. The molecule has 0 radical (unpaired) electrons. The van der Waals surface area contributed by atoms with Crippen molar-refractivity contribution in [2.24, 2.45) is 0 Å². The van der Waals surface area contributed by atoms with Crippen molar-refractivity contribution in [1.82, 2.24) is 0 Å². The molecule has 17 nitrogen and oxygen atoms in total. The van der Waals surface area contributed by atoms with Gasteiger partial charge in [0.05, 0.1) is 12.8 Å². The Morgan fingerprint density at radius 2 is 1.12 bits per heavy atom. The fourth-order valence-corrected chi connectivity index (χ4v) is 1.14. The number of aliphatic hydroxyl groups is 1. The van der Waals surface area contributed by atoms with Gasteiger partial charge in [-0.05, 0) is 0 Å². The van der Waals surface area contributed by atoms with Gasteiger partial charge in [-0.25, -0.2) is 4.79 Å². The molecule has 20 heteroatoms. The standard InChI is InChI=1S/C6H8O10S.7H2O.2Zn/c7-3(8)1-6(12,5(10)11)2-4(9)16-17(13,14)15;;;;;;;;;/h12H,1-2H2,(H,7,8)(H,10,11)(H,13,14,15);7*1H2;;. The van der Waals surface area contributed by atoms with Crippen molar-refractivity contribution in [3.8, 4) is 0 Å². The van der Waals surface area contributed by atoms with Crippen molar-refractivity contribution in [1.29, 1.82) is 0 Å². The minimum absolute atomic E-state index is 0. The number of carboxylic acid groups (broad SMARTS) is 2. The van der Waals surface area contributed by atoms with E-state index >= 15 is 0 Å². The van der Waals surface area contributed by atoms with Gasteiger partial charge in [0.15, 0.2) is 5.60 Å². The zero-order valence-corrected chi connectivity index (χ0v) is 19.7. The summed E-state index contributed by atoms with van der Waals surface area (Å²) in [6.07, 6.45) is -2.79. The van der Waals surface area contributed by atoms with Crippen LogP contribution in [0, 0.1) is 0 Å². The van der Waals surface area contributed by atoms with Crippen LogP contribution >= 0.6 is 0 Å². The van der Waals surface area contributed by atoms with Crippen molar-refractivity contribution in [2.75, 3.05) is 0 Å². The molecule has 0 fully saturated rings. The van der Waals surface area contributed by atoms with Gasteiger partial charge in [0, 0.05) is 39.0 Å². The first-order valence-electron chi connectivity index (χ1n) is 3.83. The van der Waals surface area contributed by atoms with Crippen LogP contribution in [-0.2, 0) is 67.9 Å². The van der Waals surface area contributed by atoms with E-state index < -0.39 is 46.7 Å². The predicted molar refractivity (Wildman–Crippen MR) is 72.4 cm³/mol. The quantitative estimate of drug-likeness (QED) is 0.186. The van der Waals surface area contributed by atoms with Gasteiger partial charge in [0.2, 0.25) is 0 Å². The monoisotopic (exact) mass is 526 g/mol. The Bertz CT molecular complexity index is 450. The number of rotatable bonds is 6. The second-order valence-electron chi connectivity index (χ2n) is 2.97. The van der Waals surface area contributed by atoms with Crippen LogP contribution in [0.2, 0.25) is 0 Å². The summed E-state index contributed by atoms with van der Waals surface area (Å²) in [7, 11) is -5.15. The van der Waals surface area contributed by atoms with E-state index in [1.807, 2.05) is 0 Å². The number of hydrogen-bond donors (Lipinski definition) is 4. The van der Waals surface area contributed by atoms with Gasteiger partial charge in [-0.1, -0.05) is 0 Å². The fourth-order valence-electron chi connectivity index (χ4n) is 0.850. The molecule has 0 spiro atoms. The van der Waals surface area contributed by atoms with E-state index in [4.69, 9.17) is 14.8 Å². The molecule has 0 aromatic rings. The van der Waals surface area contributed by atoms with Crippen molar-refractivity contribution in [2.45, 2.75) is 18.4 Å². The molecule has 0 amide bonds. The first-order valence-corrected chi connectivity index (χ1v) is 5.20. The smallest absolute Gasteiger partial charge is 0.448 e. The Kier molecular flexibility index (Phi) is 59.5. The molecule has 1 unspecified atom stereocenters. The second kappa shape index (κ2) is 24.2. The summed E-state index contributed by atoms with van der Waals surface area (Å²) in [5.74, 6) is -5.58. The van der Waals surface area contributed by atoms with E-state index in [2.05, 4.69) is 4.18 Å². The average molecular weight is 529 g/mol. The number of carboxylic acids is 2. The van der Waals surface area contributed by atoms with Crippen LogP contribution < -0.4 is 0 Å². The second-order valence-corrected chi connectivity index (χ2v) is 3.99. The fraction of sp³-hybridized carbons (Fsp3) is 0.500. The molecule has 0 heterocycles. The van der Waals surface area contributed by atoms with Crippen LogP contribution in [-0.4, -0.2) is 90.1 Å². The molecule has 1 atom stereocenters. The van der Waals surface area contributed by atoms with E-state index in [0.717, 1.165) is 0 Å². The SMILES string of the molecule is O.O.O.O.O.O.O.O=C(O)CC(O)(CC(=O)OS(=O)(=O)O)C(=O)O.[Zn].[Zn]. The molecule has 158 valence electrons. The molecule has 0 saturated carbocycles. The minimum Gasteiger partial charge on any atom is -0.481 e. The maximum Gasteiger partial charge on any atom is 0.448 e. The number of carbonyl (C=O) groups is 3. The summed E-state index contributed by atoms with van der Waals surface area (Å²) in [6, 6.07) is 0. The average Bonchev–Trinajstić information content (AvgIpc) is 1.96. The third-order valence-electron chi connectivity index (χ3n) is 1.48. The Morgan fingerprint density at radius 1 is 0.808 bits per heavy atom. The summed E-state index contributed by atoms with van der Waals surface area (Å²) < 4.78 is 31.6. The van der Waals surface area contributed by atoms with E-state index in [1.54, 1.807) is 0 Å². The van der Waals surface area contributed by atoms with Crippen molar-refractivity contribution < 1.29 is 124 Å². The molecule has 0 saturated heterocycles. The molecular weight excluding hydrogens is 507 g/mol. The summed E-state index contributed by atoms with van der Waals surface area (Å²) in [5, 5.41) is 26.1. The molecule has 0 aromatic carbocycles. The molecule has 0 aliphatic rings. The van der Waals surface area contributed by atoms with Gasteiger partial charge >= 0.3 is 28.3 Å². The summed E-state index contributed by atoms with van der Waals surface area (Å²) in [5.41, 5.74) is -3.02. The number of aliphatic carboxylic acids is 2. The van der Waals surface area contributed by atoms with E-state index in [0.29, 0.717) is 0 Å². The van der Waals surface area contributed by atoms with Crippen LogP contribution in [0.25, 0.3) is 0 Å². The van der Waals surface area contributed by atoms with Crippen LogP contribution in [0.1, 0.15) is 12.8 Å². The molecule has 0 bridgehead atoms. The molecule has 0 aliphatic heterocycles. The van der Waals surface area contributed by atoms with Crippen molar-refractivity contribution >= 4 is 28.3 Å². The molecular formula is C6H22O17SZn2. The number of carbonyl (C=O) groups excluding carboxylic acids is 1. The summed E-state index contributed by atoms with van der Waals surface area (Å²) in [4.78, 5) is 31.6. The molecule has 18 N–H and O–H groups in total. The van der Waals surface area contributed by atoms with Crippen LogP contribution in [0.4, 0.5) is 0 Å². The summed E-state index contributed by atoms with van der Waals surface area (Å²) >= 11 is 0. The van der Waals surface area contributed by atoms with E-state index in [9.17, 15) is 27.9 Å². The van der Waals surface area contributed by atoms with Crippen molar-refractivity contribution in [3.63, 3.8) is 0 Å². The third kappa shape index (κ3) is 28.1. The van der Waals surface area contributed by atoms with E-state index in [-0.39, 0.29) is 77.3 Å². The van der Waals surface area contributed by atoms with E-state index in [1.165, 1.54) is 0 Å². The summed E-state index contributed by atoms with van der Waals surface area (Å²) in [6.45, 7) is 0. The Hall–Kier alpha value is -0.753. The van der Waals surface area contributed by atoms with Gasteiger partial charge in [-0.2, -0.15) is 8.42 Å². The first-order chi connectivity index (χ1) is 7.46. The van der Waals surface area contributed by atoms with Gasteiger partial charge in [-0.15, -0.1) is 0 Å². The molecule has 0 aliphatic carbocycles. The minimum atomic E-state index is -5.15. The van der Waals surface area contributed by atoms with Gasteiger partial charge in [0.1, 0.15) is 0 Å². The normalized spacial score (nSPS) is 9.62. The Morgan fingerprint density at radius 3 is 1.31 bits per heavy atom. The first kappa shape index (κ1) is 63.8. The zero-order chi connectivity index (χ0) is 13.9. The van der Waals surface area contributed by atoms with Gasteiger partial charge in [-0.3, -0.25) is 14.1 Å². The van der Waals surface area contributed by atoms with Crippen LogP contribution in [0.3, 0.4) is 0 Å².